The third-order valence-corrected chi connectivity index (χ3v) is 13.0. The lowest BCUT2D eigenvalue weighted by molar-refractivity contribution is -0.163. The van der Waals surface area contributed by atoms with E-state index in [-0.39, 0.29) is 63.2 Å². The zero-order valence-electron chi connectivity index (χ0n) is 25.1. The van der Waals surface area contributed by atoms with E-state index in [4.69, 9.17) is 4.42 Å². The summed E-state index contributed by atoms with van der Waals surface area (Å²) < 4.78 is 6.14. The summed E-state index contributed by atoms with van der Waals surface area (Å²) in [6.45, 7) is 14.7. The third kappa shape index (κ3) is 3.20. The summed E-state index contributed by atoms with van der Waals surface area (Å²) in [5.74, 6) is 0.850. The molecule has 1 aromatic rings. The number of nitriles is 1. The number of aryl methyl sites for hydroxylation is 1. The second-order valence-corrected chi connectivity index (χ2v) is 15.4. The zero-order valence-corrected chi connectivity index (χ0v) is 25.1. The lowest BCUT2D eigenvalue weighted by Crippen LogP contribution is -2.66. The van der Waals surface area contributed by atoms with Crippen molar-refractivity contribution in [1.82, 2.24) is 10.2 Å². The molecule has 5 aliphatic carbocycles. The van der Waals surface area contributed by atoms with Gasteiger partial charge in [-0.3, -0.25) is 9.59 Å². The first kappa shape index (κ1) is 27.6. The smallest absolute Gasteiger partial charge is 0.222 e. The van der Waals surface area contributed by atoms with Crippen LogP contribution in [0.2, 0.25) is 0 Å². The largest absolute Gasteiger partial charge is 0.425 e. The molecule has 1 heterocycles. The van der Waals surface area contributed by atoms with E-state index in [2.05, 4.69) is 50.9 Å². The minimum absolute atomic E-state index is 0.0864. The van der Waals surface area contributed by atoms with Gasteiger partial charge < -0.3 is 9.52 Å². The van der Waals surface area contributed by atoms with Crippen molar-refractivity contribution in [2.75, 3.05) is 6.61 Å². The molecule has 0 saturated heterocycles. The Hall–Kier alpha value is -2.59. The fraction of sp³-hybridized carbons (Fsp3) is 0.727. The van der Waals surface area contributed by atoms with E-state index in [1.165, 1.54) is 0 Å². The van der Waals surface area contributed by atoms with Crippen LogP contribution >= 0.6 is 0 Å². The van der Waals surface area contributed by atoms with E-state index in [1.54, 1.807) is 6.92 Å². The van der Waals surface area contributed by atoms with Crippen LogP contribution in [0.1, 0.15) is 98.3 Å². The highest BCUT2D eigenvalue weighted by Crippen LogP contribution is 2.74. The molecule has 8 atom stereocenters. The Morgan fingerprint density at radius 3 is 2.38 bits per heavy atom. The number of rotatable bonds is 2. The van der Waals surface area contributed by atoms with Crippen molar-refractivity contribution >= 4 is 11.6 Å². The Morgan fingerprint density at radius 2 is 1.75 bits per heavy atom. The number of aliphatic hydroxyl groups excluding tert-OH is 1. The van der Waals surface area contributed by atoms with Gasteiger partial charge in [0.15, 0.2) is 11.6 Å². The van der Waals surface area contributed by atoms with Gasteiger partial charge in [-0.05, 0) is 86.0 Å². The van der Waals surface area contributed by atoms with Crippen LogP contribution in [-0.2, 0) is 15.0 Å². The molecule has 0 aromatic carbocycles. The maximum absolute atomic E-state index is 14.6. The van der Waals surface area contributed by atoms with Gasteiger partial charge in [-0.2, -0.15) is 5.26 Å². The molecule has 3 saturated carbocycles. The van der Waals surface area contributed by atoms with Crippen LogP contribution in [0.5, 0.6) is 0 Å². The fourth-order valence-electron chi connectivity index (χ4n) is 10.5. The summed E-state index contributed by atoms with van der Waals surface area (Å²) in [4.78, 5) is 27.9. The Bertz CT molecular complexity index is 1410. The fourth-order valence-corrected chi connectivity index (χ4v) is 10.5. The van der Waals surface area contributed by atoms with Gasteiger partial charge in [0.1, 0.15) is 6.07 Å². The first-order valence-electron chi connectivity index (χ1n) is 15.0. The molecule has 3 fully saturated rings. The topological polar surface area (TPSA) is 117 Å². The van der Waals surface area contributed by atoms with Gasteiger partial charge in [0.2, 0.25) is 11.8 Å². The van der Waals surface area contributed by atoms with E-state index < -0.39 is 10.8 Å². The molecule has 0 bridgehead atoms. The summed E-state index contributed by atoms with van der Waals surface area (Å²) in [7, 11) is 0. The molecule has 214 valence electrons. The van der Waals surface area contributed by atoms with Gasteiger partial charge in [-0.25, -0.2) is 0 Å². The molecule has 1 aromatic heterocycles. The number of allylic oxidation sites excluding steroid dienone is 4. The minimum Gasteiger partial charge on any atom is -0.425 e. The van der Waals surface area contributed by atoms with Crippen LogP contribution in [0.4, 0.5) is 0 Å². The number of fused-ring (bicyclic) bond motifs is 7. The second kappa shape index (κ2) is 8.25. The number of hydrogen-bond acceptors (Lipinski definition) is 7. The molecule has 0 spiro atoms. The van der Waals surface area contributed by atoms with Gasteiger partial charge in [0, 0.05) is 18.3 Å². The van der Waals surface area contributed by atoms with Crippen molar-refractivity contribution in [1.29, 1.82) is 5.26 Å². The first-order valence-corrected chi connectivity index (χ1v) is 15.0. The first-order chi connectivity index (χ1) is 18.6. The Morgan fingerprint density at radius 1 is 1.05 bits per heavy atom. The molecule has 7 nitrogen and oxygen atoms in total. The predicted octanol–water partition coefficient (Wildman–Crippen LogP) is 5.82. The number of carbonyl (C=O) groups excluding carboxylic acids is 2. The molecule has 3 unspecified atom stereocenters. The minimum atomic E-state index is -1.05. The third-order valence-electron chi connectivity index (χ3n) is 13.0. The zero-order chi connectivity index (χ0) is 29.1. The maximum atomic E-state index is 14.6. The van der Waals surface area contributed by atoms with Crippen LogP contribution in [0.15, 0.2) is 27.7 Å². The summed E-state index contributed by atoms with van der Waals surface area (Å²) in [5, 5.41) is 29.2. The Kier molecular flexibility index (Phi) is 5.68. The van der Waals surface area contributed by atoms with E-state index in [0.29, 0.717) is 11.8 Å². The SMILES string of the molecule is Cc1nnc([C@]23CCC(C)(C)CC2C2C(=O)C=C4[C@@]5(C)C=C(C#N)C(=O)[C@@](C)(CO)C5CC[C@@]4(C)[C@]2(C)CC3)o1. The number of aromatic nitrogens is 2. The van der Waals surface area contributed by atoms with Crippen molar-refractivity contribution in [3.63, 3.8) is 0 Å². The van der Waals surface area contributed by atoms with E-state index >= 15 is 0 Å². The van der Waals surface area contributed by atoms with E-state index in [0.717, 1.165) is 50.5 Å². The summed E-state index contributed by atoms with van der Waals surface area (Å²) in [6.07, 6.45) is 9.98. The monoisotopic (exact) mass is 545 g/mol. The molecule has 0 aliphatic heterocycles. The lowest BCUT2D eigenvalue weighted by atomic mass is 9.34. The molecule has 40 heavy (non-hydrogen) atoms. The van der Waals surface area contributed by atoms with Gasteiger partial charge in [-0.1, -0.05) is 46.3 Å². The van der Waals surface area contributed by atoms with E-state index in [1.807, 2.05) is 19.1 Å². The number of ketones is 2. The highest BCUT2D eigenvalue weighted by Gasteiger charge is 2.71. The molecule has 1 N–H and O–H groups in total. The molecular weight excluding hydrogens is 502 g/mol. The van der Waals surface area contributed by atoms with Gasteiger partial charge in [0.25, 0.3) is 0 Å². The molecule has 7 heteroatoms. The molecule has 5 aliphatic rings. The van der Waals surface area contributed by atoms with Crippen molar-refractivity contribution in [3.8, 4) is 6.07 Å². The average Bonchev–Trinajstić information content (AvgIpc) is 3.34. The summed E-state index contributed by atoms with van der Waals surface area (Å²) in [5.41, 5.74) is -1.40. The van der Waals surface area contributed by atoms with E-state index in [9.17, 15) is 20.0 Å². The van der Waals surface area contributed by atoms with Crippen LogP contribution in [0.3, 0.4) is 0 Å². The molecule has 0 radical (unpaired) electrons. The quantitative estimate of drug-likeness (QED) is 0.497. The number of carbonyl (C=O) groups is 2. The molecular formula is C33H43N3O4. The number of hydrogen-bond donors (Lipinski definition) is 1. The van der Waals surface area contributed by atoms with Crippen molar-refractivity contribution in [2.24, 2.45) is 44.8 Å². The number of nitrogens with zero attached hydrogens (tertiary/aromatic N) is 3. The molecule has 6 rings (SSSR count). The van der Waals surface area contributed by atoms with Gasteiger partial charge in [-0.15, -0.1) is 10.2 Å². The van der Waals surface area contributed by atoms with Crippen LogP contribution in [0.25, 0.3) is 0 Å². The Balaban J connectivity index is 1.54. The van der Waals surface area contributed by atoms with Crippen LogP contribution in [0, 0.1) is 63.1 Å². The highest BCUT2D eigenvalue weighted by atomic mass is 16.4. The van der Waals surface area contributed by atoms with Crippen LogP contribution < -0.4 is 0 Å². The maximum Gasteiger partial charge on any atom is 0.222 e. The van der Waals surface area contributed by atoms with Crippen molar-refractivity contribution in [2.45, 2.75) is 98.8 Å². The van der Waals surface area contributed by atoms with Gasteiger partial charge in [0.05, 0.1) is 23.0 Å². The molecule has 0 amide bonds. The average molecular weight is 546 g/mol. The van der Waals surface area contributed by atoms with Crippen LogP contribution in [-0.4, -0.2) is 33.5 Å². The number of Topliss-reactive ketones (excluding diaryl/α,β-unsaturated/α-hetero) is 1. The van der Waals surface area contributed by atoms with Gasteiger partial charge >= 0.3 is 0 Å². The second-order valence-electron chi connectivity index (χ2n) is 15.4. The summed E-state index contributed by atoms with van der Waals surface area (Å²) >= 11 is 0. The van der Waals surface area contributed by atoms with Crippen molar-refractivity contribution < 1.29 is 19.1 Å². The normalized spacial score (nSPS) is 45.7. The van der Waals surface area contributed by atoms with Crippen molar-refractivity contribution in [3.05, 3.63) is 35.1 Å². The standard InChI is InChI=1S/C33H43N3O4/c1-19-35-36-27(40-19)33-12-10-28(2,3)16-21(33)25-22(38)14-24-29(4)15-20(17-34)26(39)30(5,18-37)23(29)8-9-31(24,6)32(25,7)11-13-33/h14-15,21,23,25,37H,8-13,16,18H2,1-7H3/t21?,23?,25?,29-,30-,31+,32+,33-/m0/s1. The summed E-state index contributed by atoms with van der Waals surface area (Å²) in [6, 6.07) is 2.12. The lowest BCUT2D eigenvalue weighted by Gasteiger charge is -2.68. The predicted molar refractivity (Wildman–Crippen MR) is 149 cm³/mol. The Labute approximate surface area is 237 Å². The highest BCUT2D eigenvalue weighted by molar-refractivity contribution is 6.05. The number of aliphatic hydroxyl groups is 1.